The van der Waals surface area contributed by atoms with Crippen molar-refractivity contribution in [2.75, 3.05) is 25.5 Å². The van der Waals surface area contributed by atoms with Crippen LogP contribution in [0.1, 0.15) is 11.4 Å². The van der Waals surface area contributed by atoms with Gasteiger partial charge in [-0.15, -0.1) is 0 Å². The van der Waals surface area contributed by atoms with E-state index in [1.807, 2.05) is 43.3 Å². The molecule has 0 aliphatic heterocycles. The van der Waals surface area contributed by atoms with Crippen molar-refractivity contribution in [2.45, 2.75) is 18.2 Å². The summed E-state index contributed by atoms with van der Waals surface area (Å²) in [7, 11) is -2.27. The number of sulfonamides is 1. The largest absolute Gasteiger partial charge is 0.497 e. The number of hydrogen-bond acceptors (Lipinski definition) is 7. The van der Waals surface area contributed by atoms with Crippen molar-refractivity contribution in [3.8, 4) is 17.0 Å². The molecule has 1 aromatic heterocycles. The number of hydrogen-bond donors (Lipinski definition) is 3. The predicted octanol–water partition coefficient (Wildman–Crippen LogP) is 2.48. The summed E-state index contributed by atoms with van der Waals surface area (Å²) in [6.07, 6.45) is 0.542. The Morgan fingerprint density at radius 2 is 1.88 bits per heavy atom. The summed E-state index contributed by atoms with van der Waals surface area (Å²) in [5.41, 5.74) is 2.45. The molecule has 0 saturated heterocycles. The van der Waals surface area contributed by atoms with E-state index in [2.05, 4.69) is 20.0 Å². The number of anilines is 1. The zero-order chi connectivity index (χ0) is 23.1. The van der Waals surface area contributed by atoms with E-state index in [9.17, 15) is 13.2 Å². The molecule has 0 radical (unpaired) electrons. The first-order chi connectivity index (χ1) is 15.3. The van der Waals surface area contributed by atoms with Crippen molar-refractivity contribution in [1.82, 2.24) is 14.7 Å². The maximum absolute atomic E-state index is 12.2. The smallest absolute Gasteiger partial charge is 0.318 e. The van der Waals surface area contributed by atoms with Crippen molar-refractivity contribution in [2.24, 2.45) is 0 Å². The van der Waals surface area contributed by atoms with Gasteiger partial charge in [0.05, 0.1) is 17.7 Å². The van der Waals surface area contributed by atoms with Crippen molar-refractivity contribution < 1.29 is 23.1 Å². The zero-order valence-corrected chi connectivity index (χ0v) is 18.5. The Balaban J connectivity index is 1.68. The van der Waals surface area contributed by atoms with Gasteiger partial charge in [-0.1, -0.05) is 24.3 Å². The molecular formula is C22H24N4O5S. The zero-order valence-electron chi connectivity index (χ0n) is 17.7. The SMILES string of the molecule is COc1cccc(-c2cc(NCCc3cccc(S(=O)(=O)NCC(=O)O)c3)nc(C)n2)c1. The lowest BCUT2D eigenvalue weighted by Gasteiger charge is -2.10. The summed E-state index contributed by atoms with van der Waals surface area (Å²) in [4.78, 5) is 19.6. The molecule has 32 heavy (non-hydrogen) atoms. The molecule has 0 atom stereocenters. The molecular weight excluding hydrogens is 432 g/mol. The van der Waals surface area contributed by atoms with Gasteiger partial charge < -0.3 is 15.2 Å². The van der Waals surface area contributed by atoms with E-state index in [-0.39, 0.29) is 4.90 Å². The second kappa shape index (κ2) is 10.2. The van der Waals surface area contributed by atoms with Crippen LogP contribution in [0.15, 0.2) is 59.5 Å². The number of rotatable bonds is 10. The van der Waals surface area contributed by atoms with Gasteiger partial charge in [0.15, 0.2) is 0 Å². The lowest BCUT2D eigenvalue weighted by atomic mass is 10.1. The van der Waals surface area contributed by atoms with Crippen LogP contribution >= 0.6 is 0 Å². The molecule has 3 aromatic rings. The number of carboxylic acids is 1. The summed E-state index contributed by atoms with van der Waals surface area (Å²) < 4.78 is 31.8. The Bertz CT molecular complexity index is 1210. The molecule has 0 aliphatic carbocycles. The van der Waals surface area contributed by atoms with Crippen molar-refractivity contribution in [1.29, 1.82) is 0 Å². The van der Waals surface area contributed by atoms with Gasteiger partial charge in [-0.3, -0.25) is 4.79 Å². The number of aryl methyl sites for hydroxylation is 1. The first-order valence-corrected chi connectivity index (χ1v) is 11.3. The third-order valence-electron chi connectivity index (χ3n) is 4.55. The molecule has 9 nitrogen and oxygen atoms in total. The van der Waals surface area contributed by atoms with Gasteiger partial charge in [0.25, 0.3) is 0 Å². The normalized spacial score (nSPS) is 11.2. The minimum atomic E-state index is -3.88. The molecule has 0 unspecified atom stereocenters. The molecule has 0 amide bonds. The van der Waals surface area contributed by atoms with E-state index < -0.39 is 22.5 Å². The van der Waals surface area contributed by atoms with Gasteiger partial charge in [0.2, 0.25) is 10.0 Å². The molecule has 1 heterocycles. The van der Waals surface area contributed by atoms with Crippen LogP contribution in [0.5, 0.6) is 5.75 Å². The maximum atomic E-state index is 12.2. The standard InChI is InChI=1S/C22H24N4O5S/c1-15-25-20(17-6-4-7-18(12-17)31-2)13-21(26-15)23-10-9-16-5-3-8-19(11-16)32(29,30)24-14-22(27)28/h3-8,11-13,24H,9-10,14H2,1-2H3,(H,27,28)(H,23,25,26). The van der Waals surface area contributed by atoms with Crippen LogP contribution < -0.4 is 14.8 Å². The molecule has 0 saturated carbocycles. The number of nitrogens with one attached hydrogen (secondary N) is 2. The molecule has 0 fully saturated rings. The topological polar surface area (TPSA) is 131 Å². The van der Waals surface area contributed by atoms with Crippen LogP contribution in [0.25, 0.3) is 11.3 Å². The van der Waals surface area contributed by atoms with Crippen molar-refractivity contribution >= 4 is 21.8 Å². The summed E-state index contributed by atoms with van der Waals surface area (Å²) in [5, 5.41) is 11.9. The predicted molar refractivity (Wildman–Crippen MR) is 120 cm³/mol. The van der Waals surface area contributed by atoms with Crippen LogP contribution in [0, 0.1) is 6.92 Å². The van der Waals surface area contributed by atoms with Crippen LogP contribution in [0.3, 0.4) is 0 Å². The van der Waals surface area contributed by atoms with E-state index in [1.54, 1.807) is 13.2 Å². The quantitative estimate of drug-likeness (QED) is 0.424. The molecule has 10 heteroatoms. The third-order valence-corrected chi connectivity index (χ3v) is 5.94. The number of methoxy groups -OCH3 is 1. The number of carboxylic acid groups (broad SMARTS) is 1. The minimum Gasteiger partial charge on any atom is -0.497 e. The summed E-state index contributed by atoms with van der Waals surface area (Å²) >= 11 is 0. The fraction of sp³-hybridized carbons (Fsp3) is 0.227. The fourth-order valence-corrected chi connectivity index (χ4v) is 4.08. The fourth-order valence-electron chi connectivity index (χ4n) is 3.03. The number of benzene rings is 2. The molecule has 0 aliphatic rings. The summed E-state index contributed by atoms with van der Waals surface area (Å²) in [6, 6.07) is 15.8. The minimum absolute atomic E-state index is 0.0226. The van der Waals surface area contributed by atoms with E-state index in [0.717, 1.165) is 22.6 Å². The highest BCUT2D eigenvalue weighted by atomic mass is 32.2. The van der Waals surface area contributed by atoms with Crippen LogP contribution in [-0.4, -0.2) is 49.7 Å². The van der Waals surface area contributed by atoms with E-state index in [4.69, 9.17) is 9.84 Å². The second-order valence-electron chi connectivity index (χ2n) is 6.96. The molecule has 168 valence electrons. The molecule has 0 spiro atoms. The lowest BCUT2D eigenvalue weighted by molar-refractivity contribution is -0.135. The third kappa shape index (κ3) is 6.25. The number of carbonyl (C=O) groups is 1. The highest BCUT2D eigenvalue weighted by Gasteiger charge is 2.15. The number of ether oxygens (including phenoxy) is 1. The average molecular weight is 457 g/mol. The van der Waals surface area contributed by atoms with Crippen LogP contribution in [-0.2, 0) is 21.2 Å². The number of aliphatic carboxylic acids is 1. The average Bonchev–Trinajstić information content (AvgIpc) is 2.78. The second-order valence-corrected chi connectivity index (χ2v) is 8.73. The number of nitrogens with zero attached hydrogens (tertiary/aromatic N) is 2. The highest BCUT2D eigenvalue weighted by molar-refractivity contribution is 7.89. The molecule has 2 aromatic carbocycles. The Morgan fingerprint density at radius 3 is 2.62 bits per heavy atom. The first-order valence-electron chi connectivity index (χ1n) is 9.81. The monoisotopic (exact) mass is 456 g/mol. The Morgan fingerprint density at radius 1 is 1.09 bits per heavy atom. The van der Waals surface area contributed by atoms with Gasteiger partial charge in [-0.2, -0.15) is 4.72 Å². The van der Waals surface area contributed by atoms with Crippen LogP contribution in [0.2, 0.25) is 0 Å². The number of aromatic nitrogens is 2. The van der Waals surface area contributed by atoms with E-state index in [0.29, 0.717) is 24.6 Å². The van der Waals surface area contributed by atoms with Crippen molar-refractivity contribution in [3.63, 3.8) is 0 Å². The maximum Gasteiger partial charge on any atom is 0.318 e. The van der Waals surface area contributed by atoms with E-state index in [1.165, 1.54) is 12.1 Å². The Hall–Kier alpha value is -3.50. The lowest BCUT2D eigenvalue weighted by Crippen LogP contribution is -2.29. The van der Waals surface area contributed by atoms with Gasteiger partial charge in [0.1, 0.15) is 23.9 Å². The van der Waals surface area contributed by atoms with Gasteiger partial charge >= 0.3 is 5.97 Å². The molecule has 3 N–H and O–H groups in total. The summed E-state index contributed by atoms with van der Waals surface area (Å²) in [6.45, 7) is 1.66. The Kier molecular flexibility index (Phi) is 7.39. The highest BCUT2D eigenvalue weighted by Crippen LogP contribution is 2.24. The molecule has 0 bridgehead atoms. The van der Waals surface area contributed by atoms with Crippen molar-refractivity contribution in [3.05, 3.63) is 66.0 Å². The van der Waals surface area contributed by atoms with Gasteiger partial charge in [-0.25, -0.2) is 18.4 Å². The van der Waals surface area contributed by atoms with Gasteiger partial charge in [-0.05, 0) is 43.2 Å². The van der Waals surface area contributed by atoms with Crippen LogP contribution in [0.4, 0.5) is 5.82 Å². The first kappa shape index (κ1) is 23.2. The molecule has 3 rings (SSSR count). The summed E-state index contributed by atoms with van der Waals surface area (Å²) in [5.74, 6) is 0.760. The Labute approximate surface area is 186 Å². The van der Waals surface area contributed by atoms with Gasteiger partial charge in [0, 0.05) is 18.2 Å². The van der Waals surface area contributed by atoms with E-state index >= 15 is 0 Å².